The zero-order valence-corrected chi connectivity index (χ0v) is 12.7. The zero-order chi connectivity index (χ0) is 15.4. The highest BCUT2D eigenvalue weighted by atomic mass is 16.6. The van der Waals surface area contributed by atoms with Gasteiger partial charge in [0.15, 0.2) is 0 Å². The molecule has 2 aliphatic rings. The Hall–Kier alpha value is -1.72. The minimum atomic E-state index is -0.248. The lowest BCUT2D eigenvalue weighted by molar-refractivity contribution is -0.0461. The summed E-state index contributed by atoms with van der Waals surface area (Å²) in [6.07, 6.45) is 7.94. The van der Waals surface area contributed by atoms with Gasteiger partial charge in [-0.1, -0.05) is 6.08 Å². The number of carbonyl (C=O) groups is 1. The number of rotatable bonds is 4. The van der Waals surface area contributed by atoms with E-state index in [4.69, 9.17) is 9.47 Å². The van der Waals surface area contributed by atoms with Crippen LogP contribution < -0.4 is 0 Å². The third kappa shape index (κ3) is 3.20. The van der Waals surface area contributed by atoms with Crippen LogP contribution in [-0.2, 0) is 9.47 Å². The van der Waals surface area contributed by atoms with E-state index < -0.39 is 0 Å². The Kier molecular flexibility index (Phi) is 4.55. The lowest BCUT2D eigenvalue weighted by atomic mass is 9.89. The number of pyridine rings is 1. The van der Waals surface area contributed by atoms with E-state index in [2.05, 4.69) is 11.6 Å². The summed E-state index contributed by atoms with van der Waals surface area (Å²) < 4.78 is 11.7. The number of hydrogen-bond donors (Lipinski definition) is 0. The van der Waals surface area contributed by atoms with Crippen molar-refractivity contribution in [1.29, 1.82) is 0 Å². The quantitative estimate of drug-likeness (QED) is 0.799. The van der Waals surface area contributed by atoms with Crippen molar-refractivity contribution >= 4 is 5.91 Å². The third-order valence-corrected chi connectivity index (χ3v) is 4.36. The van der Waals surface area contributed by atoms with Gasteiger partial charge in [-0.15, -0.1) is 6.58 Å². The van der Waals surface area contributed by atoms with Gasteiger partial charge in [-0.3, -0.25) is 9.78 Å². The van der Waals surface area contributed by atoms with Crippen molar-refractivity contribution in [3.63, 3.8) is 0 Å². The fraction of sp³-hybridized carbons (Fsp3) is 0.529. The molecule has 0 unspecified atom stereocenters. The van der Waals surface area contributed by atoms with E-state index in [1.807, 2.05) is 11.0 Å². The summed E-state index contributed by atoms with van der Waals surface area (Å²) in [6, 6.07) is 3.60. The second-order valence-corrected chi connectivity index (χ2v) is 6.01. The highest BCUT2D eigenvalue weighted by molar-refractivity contribution is 5.94. The van der Waals surface area contributed by atoms with Gasteiger partial charge in [0.1, 0.15) is 0 Å². The highest BCUT2D eigenvalue weighted by Gasteiger charge is 2.44. The smallest absolute Gasteiger partial charge is 0.255 e. The third-order valence-electron chi connectivity index (χ3n) is 4.36. The molecule has 118 valence electrons. The average Bonchev–Trinajstić information content (AvgIpc) is 2.95. The van der Waals surface area contributed by atoms with Gasteiger partial charge in [-0.25, -0.2) is 0 Å². The van der Waals surface area contributed by atoms with Crippen molar-refractivity contribution in [1.82, 2.24) is 9.88 Å². The van der Waals surface area contributed by atoms with Crippen LogP contribution in [0.15, 0.2) is 37.2 Å². The maximum Gasteiger partial charge on any atom is 0.255 e. The molecule has 1 aromatic rings. The number of aromatic nitrogens is 1. The first-order chi connectivity index (χ1) is 10.7. The van der Waals surface area contributed by atoms with Crippen LogP contribution in [0.2, 0.25) is 0 Å². The Bertz CT molecular complexity index is 534. The lowest BCUT2D eigenvalue weighted by Gasteiger charge is -2.39. The van der Waals surface area contributed by atoms with E-state index in [1.165, 1.54) is 0 Å². The van der Waals surface area contributed by atoms with Gasteiger partial charge in [-0.2, -0.15) is 0 Å². The van der Waals surface area contributed by atoms with Crippen LogP contribution in [0, 0.1) is 0 Å². The maximum atomic E-state index is 12.6. The van der Waals surface area contributed by atoms with Gasteiger partial charge in [0, 0.05) is 25.4 Å². The van der Waals surface area contributed by atoms with Crippen molar-refractivity contribution < 1.29 is 14.3 Å². The predicted octanol–water partition coefficient (Wildman–Crippen LogP) is 2.05. The van der Waals surface area contributed by atoms with Crippen LogP contribution >= 0.6 is 0 Å². The second-order valence-electron chi connectivity index (χ2n) is 6.01. The van der Waals surface area contributed by atoms with Crippen molar-refractivity contribution in [2.24, 2.45) is 0 Å². The van der Waals surface area contributed by atoms with Gasteiger partial charge in [-0.05, 0) is 25.0 Å². The predicted molar refractivity (Wildman–Crippen MR) is 82.6 cm³/mol. The molecule has 2 atom stereocenters. The number of likely N-dealkylation sites (tertiary alicyclic amines) is 1. The minimum Gasteiger partial charge on any atom is -0.372 e. The molecule has 0 radical (unpaired) electrons. The molecule has 3 heterocycles. The zero-order valence-electron chi connectivity index (χ0n) is 12.7. The molecule has 0 saturated carbocycles. The van der Waals surface area contributed by atoms with Gasteiger partial charge < -0.3 is 14.4 Å². The molecule has 0 N–H and O–H groups in total. The highest BCUT2D eigenvalue weighted by Crippen LogP contribution is 2.36. The summed E-state index contributed by atoms with van der Waals surface area (Å²) in [4.78, 5) is 18.5. The van der Waals surface area contributed by atoms with Crippen molar-refractivity contribution in [3.05, 3.63) is 42.7 Å². The summed E-state index contributed by atoms with van der Waals surface area (Å²) in [5.74, 6) is 0.0336. The number of hydrogen-bond acceptors (Lipinski definition) is 4. The van der Waals surface area contributed by atoms with E-state index in [-0.39, 0.29) is 17.6 Å². The monoisotopic (exact) mass is 302 g/mol. The van der Waals surface area contributed by atoms with Crippen molar-refractivity contribution in [2.45, 2.75) is 31.0 Å². The SMILES string of the molecule is C=CCO[C@@H]1CO[C@@]2(CCCN(C(=O)c3cccnc3)C2)C1. The molecule has 0 bridgehead atoms. The summed E-state index contributed by atoms with van der Waals surface area (Å²) in [7, 11) is 0. The second kappa shape index (κ2) is 6.58. The summed E-state index contributed by atoms with van der Waals surface area (Å²) in [5, 5.41) is 0. The Morgan fingerprint density at radius 1 is 1.64 bits per heavy atom. The molecule has 2 fully saturated rings. The molecule has 22 heavy (non-hydrogen) atoms. The van der Waals surface area contributed by atoms with Crippen molar-refractivity contribution in [3.8, 4) is 0 Å². The maximum absolute atomic E-state index is 12.6. The molecule has 3 rings (SSSR count). The Morgan fingerprint density at radius 2 is 2.55 bits per heavy atom. The van der Waals surface area contributed by atoms with Crippen LogP contribution in [0.5, 0.6) is 0 Å². The Morgan fingerprint density at radius 3 is 3.32 bits per heavy atom. The minimum absolute atomic E-state index is 0.0336. The molecule has 0 aliphatic carbocycles. The number of amides is 1. The standard InChI is InChI=1S/C17H22N2O3/c1-2-9-21-15-10-17(22-12-15)6-4-8-19(13-17)16(20)14-5-3-7-18-11-14/h2-3,5,7,11,15H,1,4,6,8-10,12-13H2/t15-,17-/m0/s1. The summed E-state index contributed by atoms with van der Waals surface area (Å²) in [6.45, 7) is 6.22. The van der Waals surface area contributed by atoms with Crippen LogP contribution in [0.4, 0.5) is 0 Å². The lowest BCUT2D eigenvalue weighted by Crippen LogP contribution is -2.50. The average molecular weight is 302 g/mol. The fourth-order valence-corrected chi connectivity index (χ4v) is 3.34. The largest absolute Gasteiger partial charge is 0.372 e. The summed E-state index contributed by atoms with van der Waals surface area (Å²) in [5.41, 5.74) is 0.388. The van der Waals surface area contributed by atoms with Crippen LogP contribution in [-0.4, -0.2) is 53.8 Å². The molecule has 1 amide bonds. The van der Waals surface area contributed by atoms with Gasteiger partial charge in [0.05, 0.1) is 37.0 Å². The number of carbonyl (C=O) groups excluding carboxylic acids is 1. The molecule has 2 aliphatic heterocycles. The number of nitrogens with zero attached hydrogens (tertiary/aromatic N) is 2. The van der Waals surface area contributed by atoms with E-state index in [1.54, 1.807) is 24.5 Å². The Labute approximate surface area is 130 Å². The number of piperidine rings is 1. The van der Waals surface area contributed by atoms with E-state index in [0.717, 1.165) is 25.8 Å². The molecule has 1 spiro atoms. The van der Waals surface area contributed by atoms with Crippen LogP contribution in [0.25, 0.3) is 0 Å². The molecular weight excluding hydrogens is 280 g/mol. The molecule has 5 nitrogen and oxygen atoms in total. The van der Waals surface area contributed by atoms with E-state index >= 15 is 0 Å². The van der Waals surface area contributed by atoms with E-state index in [0.29, 0.717) is 25.3 Å². The topological polar surface area (TPSA) is 51.7 Å². The van der Waals surface area contributed by atoms with Gasteiger partial charge in [0.2, 0.25) is 0 Å². The molecule has 0 aromatic carbocycles. The summed E-state index contributed by atoms with van der Waals surface area (Å²) >= 11 is 0. The first-order valence-corrected chi connectivity index (χ1v) is 7.78. The van der Waals surface area contributed by atoms with Gasteiger partial charge >= 0.3 is 0 Å². The first kappa shape index (κ1) is 15.2. The van der Waals surface area contributed by atoms with Crippen LogP contribution in [0.3, 0.4) is 0 Å². The Balaban J connectivity index is 1.65. The normalized spacial score (nSPS) is 28.0. The molecule has 2 saturated heterocycles. The van der Waals surface area contributed by atoms with Crippen LogP contribution in [0.1, 0.15) is 29.6 Å². The molecular formula is C17H22N2O3. The van der Waals surface area contributed by atoms with Crippen molar-refractivity contribution in [2.75, 3.05) is 26.3 Å². The molecule has 5 heteroatoms. The van der Waals surface area contributed by atoms with Gasteiger partial charge in [0.25, 0.3) is 5.91 Å². The number of ether oxygens (including phenoxy) is 2. The fourth-order valence-electron chi connectivity index (χ4n) is 3.34. The molecule has 1 aromatic heterocycles. The first-order valence-electron chi connectivity index (χ1n) is 7.78. The van der Waals surface area contributed by atoms with E-state index in [9.17, 15) is 4.79 Å².